The van der Waals surface area contributed by atoms with Gasteiger partial charge in [0.1, 0.15) is 3.23 Å². The summed E-state index contributed by atoms with van der Waals surface area (Å²) in [5.74, 6) is 0.240. The monoisotopic (exact) mass is 312 g/mol. The molecule has 0 radical (unpaired) electrons. The lowest BCUT2D eigenvalue weighted by Crippen LogP contribution is -2.19. The number of Topliss-reactive ketones (excluding diaryl/α,β-unsaturated/α-hetero) is 1. The Labute approximate surface area is 97.9 Å². The Hall–Kier alpha value is 0.630. The minimum absolute atomic E-state index is 0.240. The summed E-state index contributed by atoms with van der Waals surface area (Å²) in [4.78, 5) is 11.4. The number of hydrogen-bond donors (Lipinski definition) is 0. The fourth-order valence-electron chi connectivity index (χ4n) is 1.11. The lowest BCUT2D eigenvalue weighted by Gasteiger charge is -2.11. The van der Waals surface area contributed by atoms with Crippen molar-refractivity contribution in [1.82, 2.24) is 0 Å². The van der Waals surface area contributed by atoms with E-state index in [9.17, 15) is 4.79 Å². The third kappa shape index (κ3) is 7.68. The largest absolute Gasteiger partial charge is 0.297 e. The van der Waals surface area contributed by atoms with Crippen LogP contribution in [0.2, 0.25) is 0 Å². The van der Waals surface area contributed by atoms with Crippen LogP contribution in [0.1, 0.15) is 52.4 Å². The van der Waals surface area contributed by atoms with Gasteiger partial charge < -0.3 is 0 Å². The second kappa shape index (κ2) is 6.99. The molecule has 0 atom stereocenters. The van der Waals surface area contributed by atoms with E-state index < -0.39 is 3.23 Å². The first kappa shape index (κ1) is 13.6. The summed E-state index contributed by atoms with van der Waals surface area (Å²) in [6, 6.07) is 0. The molecule has 0 aliphatic heterocycles. The van der Waals surface area contributed by atoms with Crippen LogP contribution in [-0.4, -0.2) is 9.02 Å². The van der Waals surface area contributed by atoms with Gasteiger partial charge in [0.2, 0.25) is 0 Å². The zero-order valence-electron chi connectivity index (χ0n) is 8.41. The highest BCUT2D eigenvalue weighted by atomic mass is 79.9. The highest BCUT2D eigenvalue weighted by Crippen LogP contribution is 2.28. The van der Waals surface area contributed by atoms with E-state index in [0.717, 1.165) is 6.42 Å². The summed E-state index contributed by atoms with van der Waals surface area (Å²) < 4.78 is -0.509. The van der Waals surface area contributed by atoms with Crippen LogP contribution >= 0.6 is 31.9 Å². The Morgan fingerprint density at radius 2 is 1.69 bits per heavy atom. The minimum Gasteiger partial charge on any atom is -0.297 e. The molecular formula is C10H18Br2O. The number of rotatable bonds is 7. The lowest BCUT2D eigenvalue weighted by molar-refractivity contribution is -0.118. The highest BCUT2D eigenvalue weighted by molar-refractivity contribution is 9.25. The molecule has 0 aliphatic carbocycles. The molecule has 0 rings (SSSR count). The van der Waals surface area contributed by atoms with Gasteiger partial charge in [0, 0.05) is 6.42 Å². The average molecular weight is 314 g/mol. The normalized spacial score (nSPS) is 11.7. The van der Waals surface area contributed by atoms with Crippen molar-refractivity contribution in [3.05, 3.63) is 0 Å². The SMILES string of the molecule is CCCCCCCC(=O)C(C)(Br)Br. The first-order valence-corrected chi connectivity index (χ1v) is 6.48. The zero-order chi connectivity index (χ0) is 10.3. The van der Waals surface area contributed by atoms with Gasteiger partial charge in [-0.1, -0.05) is 64.5 Å². The molecule has 0 aliphatic rings. The van der Waals surface area contributed by atoms with Gasteiger partial charge in [-0.25, -0.2) is 0 Å². The summed E-state index contributed by atoms with van der Waals surface area (Å²) in [7, 11) is 0. The van der Waals surface area contributed by atoms with Gasteiger partial charge in [-0.2, -0.15) is 0 Å². The van der Waals surface area contributed by atoms with Crippen molar-refractivity contribution in [1.29, 1.82) is 0 Å². The van der Waals surface area contributed by atoms with Gasteiger partial charge in [-0.15, -0.1) is 0 Å². The molecule has 0 aromatic carbocycles. The maximum atomic E-state index is 11.4. The molecule has 0 fully saturated rings. The molecule has 0 bridgehead atoms. The molecule has 0 unspecified atom stereocenters. The maximum Gasteiger partial charge on any atom is 0.159 e. The van der Waals surface area contributed by atoms with Crippen molar-refractivity contribution in [2.75, 3.05) is 0 Å². The van der Waals surface area contributed by atoms with E-state index in [4.69, 9.17) is 0 Å². The standard InChI is InChI=1S/C10H18Br2O/c1-3-4-5-6-7-8-9(13)10(2,11)12/h3-8H2,1-2H3. The second-order valence-corrected chi connectivity index (χ2v) is 7.71. The van der Waals surface area contributed by atoms with Crippen molar-refractivity contribution in [2.24, 2.45) is 0 Å². The quantitative estimate of drug-likeness (QED) is 0.502. The van der Waals surface area contributed by atoms with Gasteiger partial charge in [-0.3, -0.25) is 4.79 Å². The van der Waals surface area contributed by atoms with Crippen molar-refractivity contribution >= 4 is 37.6 Å². The average Bonchev–Trinajstić information content (AvgIpc) is 2.02. The molecule has 0 spiro atoms. The Kier molecular flexibility index (Phi) is 7.33. The summed E-state index contributed by atoms with van der Waals surface area (Å²) in [6.07, 6.45) is 6.67. The number of unbranched alkanes of at least 4 members (excludes halogenated alkanes) is 4. The number of hydrogen-bond acceptors (Lipinski definition) is 1. The zero-order valence-corrected chi connectivity index (χ0v) is 11.6. The topological polar surface area (TPSA) is 17.1 Å². The van der Waals surface area contributed by atoms with Crippen LogP contribution < -0.4 is 0 Å². The number of ketones is 1. The molecule has 78 valence electrons. The summed E-state index contributed by atoms with van der Waals surface area (Å²) in [5.41, 5.74) is 0. The number of alkyl halides is 2. The van der Waals surface area contributed by atoms with Gasteiger partial charge in [-0.05, 0) is 13.3 Å². The number of carbonyl (C=O) groups excluding carboxylic acids is 1. The maximum absolute atomic E-state index is 11.4. The fraction of sp³-hybridized carbons (Fsp3) is 0.900. The van der Waals surface area contributed by atoms with Crippen molar-refractivity contribution in [3.63, 3.8) is 0 Å². The van der Waals surface area contributed by atoms with Gasteiger partial charge in [0.25, 0.3) is 0 Å². The van der Waals surface area contributed by atoms with Crippen molar-refractivity contribution in [3.8, 4) is 0 Å². The predicted molar refractivity (Wildman–Crippen MR) is 64.6 cm³/mol. The molecule has 0 saturated heterocycles. The summed E-state index contributed by atoms with van der Waals surface area (Å²) >= 11 is 6.59. The van der Waals surface area contributed by atoms with Crippen LogP contribution in [0.5, 0.6) is 0 Å². The van der Waals surface area contributed by atoms with Crippen LogP contribution in [0.25, 0.3) is 0 Å². The Balaban J connectivity index is 3.38. The molecule has 0 saturated carbocycles. The van der Waals surface area contributed by atoms with E-state index in [1.54, 1.807) is 0 Å². The molecule has 1 nitrogen and oxygen atoms in total. The molecule has 0 heterocycles. The predicted octanol–water partition coefficient (Wildman–Crippen LogP) is 4.42. The molecule has 0 aromatic heterocycles. The Bertz CT molecular complexity index is 149. The van der Waals surface area contributed by atoms with Crippen molar-refractivity contribution < 1.29 is 4.79 Å². The molecule has 13 heavy (non-hydrogen) atoms. The molecule has 3 heteroatoms. The summed E-state index contributed by atoms with van der Waals surface area (Å²) in [6.45, 7) is 4.03. The number of halogens is 2. The third-order valence-electron chi connectivity index (χ3n) is 2.00. The highest BCUT2D eigenvalue weighted by Gasteiger charge is 2.24. The van der Waals surface area contributed by atoms with Crippen LogP contribution in [0, 0.1) is 0 Å². The molecular weight excluding hydrogens is 296 g/mol. The fourth-order valence-corrected chi connectivity index (χ4v) is 1.51. The van der Waals surface area contributed by atoms with Crippen LogP contribution in [-0.2, 0) is 4.79 Å². The van der Waals surface area contributed by atoms with E-state index in [-0.39, 0.29) is 5.78 Å². The molecule has 0 N–H and O–H groups in total. The van der Waals surface area contributed by atoms with Gasteiger partial charge in [0.15, 0.2) is 5.78 Å². The van der Waals surface area contributed by atoms with E-state index in [2.05, 4.69) is 38.8 Å². The Morgan fingerprint density at radius 3 is 2.15 bits per heavy atom. The van der Waals surface area contributed by atoms with Crippen LogP contribution in [0.3, 0.4) is 0 Å². The smallest absolute Gasteiger partial charge is 0.159 e. The first-order chi connectivity index (χ1) is 5.98. The lowest BCUT2D eigenvalue weighted by atomic mass is 10.1. The van der Waals surface area contributed by atoms with E-state index in [1.165, 1.54) is 25.7 Å². The summed E-state index contributed by atoms with van der Waals surface area (Å²) in [5, 5.41) is 0. The van der Waals surface area contributed by atoms with Gasteiger partial charge in [0.05, 0.1) is 0 Å². The van der Waals surface area contributed by atoms with Crippen LogP contribution in [0.15, 0.2) is 0 Å². The van der Waals surface area contributed by atoms with E-state index in [1.807, 2.05) is 6.92 Å². The minimum atomic E-state index is -0.509. The molecule has 0 amide bonds. The first-order valence-electron chi connectivity index (χ1n) is 4.89. The van der Waals surface area contributed by atoms with E-state index in [0.29, 0.717) is 6.42 Å². The molecule has 0 aromatic rings. The third-order valence-corrected chi connectivity index (χ3v) is 2.88. The van der Waals surface area contributed by atoms with Crippen molar-refractivity contribution in [2.45, 2.75) is 55.6 Å². The van der Waals surface area contributed by atoms with Gasteiger partial charge >= 0.3 is 0 Å². The van der Waals surface area contributed by atoms with Crippen LogP contribution in [0.4, 0.5) is 0 Å². The number of carbonyl (C=O) groups is 1. The second-order valence-electron chi connectivity index (χ2n) is 3.48. The van der Waals surface area contributed by atoms with E-state index >= 15 is 0 Å². The Morgan fingerprint density at radius 1 is 1.15 bits per heavy atom.